The molecule has 1 aromatic heterocycles. The molecule has 0 unspecified atom stereocenters. The largest absolute Gasteiger partial charge is 0.493 e. The Hall–Kier alpha value is -4.27. The van der Waals surface area contributed by atoms with E-state index in [4.69, 9.17) is 14.6 Å². The summed E-state index contributed by atoms with van der Waals surface area (Å²) in [6.07, 6.45) is 5.58. The van der Waals surface area contributed by atoms with E-state index in [0.717, 1.165) is 28.3 Å². The van der Waals surface area contributed by atoms with Crippen LogP contribution in [0.5, 0.6) is 11.5 Å². The molecule has 0 saturated heterocycles. The van der Waals surface area contributed by atoms with Crippen molar-refractivity contribution in [3.63, 3.8) is 0 Å². The van der Waals surface area contributed by atoms with E-state index < -0.39 is 0 Å². The first-order valence-corrected chi connectivity index (χ1v) is 10.7. The van der Waals surface area contributed by atoms with Crippen LogP contribution in [0, 0.1) is 0 Å². The van der Waals surface area contributed by atoms with Gasteiger partial charge in [-0.05, 0) is 42.8 Å². The summed E-state index contributed by atoms with van der Waals surface area (Å²) in [7, 11) is 8.69. The van der Waals surface area contributed by atoms with Crippen LogP contribution in [0.25, 0.3) is 6.08 Å². The van der Waals surface area contributed by atoms with E-state index in [0.29, 0.717) is 22.9 Å². The Bertz CT molecular complexity index is 1280. The van der Waals surface area contributed by atoms with Crippen LogP contribution in [0.2, 0.25) is 0 Å². The number of methoxy groups -OCH3 is 2. The molecule has 3 aromatic rings. The second kappa shape index (κ2) is 9.30. The van der Waals surface area contributed by atoms with Gasteiger partial charge in [-0.1, -0.05) is 12.1 Å². The highest BCUT2D eigenvalue weighted by atomic mass is 16.5. The van der Waals surface area contributed by atoms with Crippen molar-refractivity contribution in [1.82, 2.24) is 19.9 Å². The Morgan fingerprint density at radius 3 is 2.35 bits per heavy atom. The van der Waals surface area contributed by atoms with Crippen LogP contribution < -0.4 is 19.7 Å². The summed E-state index contributed by atoms with van der Waals surface area (Å²) in [5.41, 5.74) is 4.83. The zero-order chi connectivity index (χ0) is 24.4. The Kier molecular flexibility index (Phi) is 6.27. The molecule has 4 rings (SSSR count). The summed E-state index contributed by atoms with van der Waals surface area (Å²) < 4.78 is 13.0. The van der Waals surface area contributed by atoms with Crippen molar-refractivity contribution in [1.29, 1.82) is 0 Å². The van der Waals surface area contributed by atoms with Gasteiger partial charge in [0, 0.05) is 56.0 Å². The number of fused-ring (bicyclic) bond motifs is 1. The molecule has 1 aliphatic rings. The number of hydrazone groups is 1. The highest BCUT2D eigenvalue weighted by Gasteiger charge is 2.24. The van der Waals surface area contributed by atoms with Crippen molar-refractivity contribution in [3.8, 4) is 11.5 Å². The lowest BCUT2D eigenvalue weighted by molar-refractivity contribution is 0.215. The van der Waals surface area contributed by atoms with E-state index in [2.05, 4.69) is 10.3 Å². The van der Waals surface area contributed by atoms with Crippen molar-refractivity contribution in [3.05, 3.63) is 71.2 Å². The van der Waals surface area contributed by atoms with E-state index >= 15 is 0 Å². The average Bonchev–Trinajstić information content (AvgIpc) is 3.23. The molecule has 0 saturated carbocycles. The fourth-order valence-electron chi connectivity index (χ4n) is 3.90. The maximum atomic E-state index is 12.6. The number of anilines is 2. The molecule has 1 N–H and O–H groups in total. The summed E-state index contributed by atoms with van der Waals surface area (Å²) in [5.74, 6) is 2.01. The first-order valence-electron chi connectivity index (χ1n) is 10.7. The highest BCUT2D eigenvalue weighted by Crippen LogP contribution is 2.35. The number of ether oxygens (including phenoxy) is 2. The summed E-state index contributed by atoms with van der Waals surface area (Å²) in [6.45, 7) is 1.84. The van der Waals surface area contributed by atoms with E-state index in [-0.39, 0.29) is 6.03 Å². The van der Waals surface area contributed by atoms with Gasteiger partial charge in [0.25, 0.3) is 0 Å². The maximum Gasteiger partial charge on any atom is 0.342 e. The van der Waals surface area contributed by atoms with E-state index in [9.17, 15) is 4.79 Å². The lowest BCUT2D eigenvalue weighted by atomic mass is 9.96. The molecule has 34 heavy (non-hydrogen) atoms. The number of carbonyl (C=O) groups is 1. The average molecular weight is 461 g/mol. The number of rotatable bonds is 5. The smallest absolute Gasteiger partial charge is 0.342 e. The number of nitrogens with zero attached hydrogens (tertiary/aromatic N) is 5. The predicted octanol–water partition coefficient (Wildman–Crippen LogP) is 3.97. The van der Waals surface area contributed by atoms with Crippen LogP contribution in [0.3, 0.4) is 0 Å². The van der Waals surface area contributed by atoms with Crippen LogP contribution in [0.4, 0.5) is 16.4 Å². The molecular formula is C25H28N6O3. The molecule has 2 aromatic carbocycles. The predicted molar refractivity (Wildman–Crippen MR) is 133 cm³/mol. The molecule has 2 amide bonds. The number of imidazole rings is 1. The number of hydrogen-bond acceptors (Lipinski definition) is 6. The molecule has 0 aliphatic carbocycles. The van der Waals surface area contributed by atoms with Gasteiger partial charge >= 0.3 is 6.03 Å². The number of urea groups is 1. The van der Waals surface area contributed by atoms with Gasteiger partial charge < -0.3 is 24.3 Å². The van der Waals surface area contributed by atoms with Gasteiger partial charge in [-0.15, -0.1) is 0 Å². The zero-order valence-electron chi connectivity index (χ0n) is 20.2. The van der Waals surface area contributed by atoms with Crippen LogP contribution >= 0.6 is 0 Å². The minimum atomic E-state index is -0.330. The van der Waals surface area contributed by atoms with Gasteiger partial charge in [0.05, 0.1) is 19.9 Å². The molecule has 9 heteroatoms. The first-order chi connectivity index (χ1) is 16.4. The standard InChI is InChI=1S/C25H28N6O3/c1-16-13-18-14-21(33-5)22(34-6)15-20(18)23(28-31(16)25(32)26-2)17-7-9-19(10-8-17)30(4)24-27-11-12-29(24)3/h7-15H,1-6H3,(H,26,32). The monoisotopic (exact) mass is 460 g/mol. The van der Waals surface area contributed by atoms with Gasteiger partial charge in [0.1, 0.15) is 0 Å². The fraction of sp³-hybridized carbons (Fsp3) is 0.240. The number of amides is 2. The normalized spacial score (nSPS) is 12.8. The van der Waals surface area contributed by atoms with Crippen molar-refractivity contribution in [2.45, 2.75) is 6.92 Å². The Balaban J connectivity index is 1.83. The first kappa shape index (κ1) is 22.9. The van der Waals surface area contributed by atoms with Gasteiger partial charge in [-0.3, -0.25) is 0 Å². The maximum absolute atomic E-state index is 12.6. The summed E-state index contributed by atoms with van der Waals surface area (Å²) >= 11 is 0. The van der Waals surface area contributed by atoms with Gasteiger partial charge in [-0.25, -0.2) is 9.78 Å². The number of aromatic nitrogens is 2. The van der Waals surface area contributed by atoms with Crippen LogP contribution in [0.1, 0.15) is 23.6 Å². The van der Waals surface area contributed by atoms with E-state index in [1.54, 1.807) is 27.5 Å². The molecule has 9 nitrogen and oxygen atoms in total. The summed E-state index contributed by atoms with van der Waals surface area (Å²) in [4.78, 5) is 19.0. The number of carbonyl (C=O) groups excluding carboxylic acids is 1. The van der Waals surface area contributed by atoms with Crippen molar-refractivity contribution >= 4 is 29.5 Å². The van der Waals surface area contributed by atoms with E-state index in [1.807, 2.05) is 79.2 Å². The van der Waals surface area contributed by atoms with Crippen molar-refractivity contribution < 1.29 is 14.3 Å². The highest BCUT2D eigenvalue weighted by molar-refractivity contribution is 6.16. The van der Waals surface area contributed by atoms with Gasteiger partial charge in [-0.2, -0.15) is 10.1 Å². The van der Waals surface area contributed by atoms with Crippen molar-refractivity contribution in [2.75, 3.05) is 33.2 Å². The molecule has 2 heterocycles. The zero-order valence-corrected chi connectivity index (χ0v) is 20.2. The SMILES string of the molecule is CNC(=O)N1N=C(c2ccc(N(C)c3nccn3C)cc2)c2cc(OC)c(OC)cc2C=C1C. The number of nitrogens with one attached hydrogen (secondary N) is 1. The van der Waals surface area contributed by atoms with E-state index in [1.165, 1.54) is 5.01 Å². The number of aryl methyl sites for hydroxylation is 1. The van der Waals surface area contributed by atoms with Gasteiger partial charge in [0.15, 0.2) is 11.5 Å². The molecule has 0 radical (unpaired) electrons. The second-order valence-corrected chi connectivity index (χ2v) is 7.84. The second-order valence-electron chi connectivity index (χ2n) is 7.84. The lowest BCUT2D eigenvalue weighted by Gasteiger charge is -2.20. The van der Waals surface area contributed by atoms with Crippen LogP contribution in [-0.2, 0) is 7.05 Å². The fourth-order valence-corrected chi connectivity index (χ4v) is 3.90. The Morgan fingerprint density at radius 1 is 1.09 bits per heavy atom. The van der Waals surface area contributed by atoms with Crippen molar-refractivity contribution in [2.24, 2.45) is 12.1 Å². The molecule has 0 bridgehead atoms. The summed E-state index contributed by atoms with van der Waals surface area (Å²) in [6, 6.07) is 11.4. The molecule has 176 valence electrons. The summed E-state index contributed by atoms with van der Waals surface area (Å²) in [5, 5.41) is 8.77. The molecule has 1 aliphatic heterocycles. The minimum Gasteiger partial charge on any atom is -0.493 e. The third-order valence-electron chi connectivity index (χ3n) is 5.74. The number of hydrogen-bond donors (Lipinski definition) is 1. The Labute approximate surface area is 198 Å². The minimum absolute atomic E-state index is 0.330. The molecular weight excluding hydrogens is 432 g/mol. The molecule has 0 fully saturated rings. The van der Waals surface area contributed by atoms with Crippen LogP contribution in [-0.4, -0.2) is 54.6 Å². The third-order valence-corrected chi connectivity index (χ3v) is 5.74. The lowest BCUT2D eigenvalue weighted by Crippen LogP contribution is -2.33. The van der Waals surface area contributed by atoms with Gasteiger partial charge in [0.2, 0.25) is 5.95 Å². The molecule has 0 spiro atoms. The third kappa shape index (κ3) is 4.07. The topological polar surface area (TPSA) is 84.2 Å². The Morgan fingerprint density at radius 2 is 1.76 bits per heavy atom. The van der Waals surface area contributed by atoms with Crippen LogP contribution in [0.15, 0.2) is 59.6 Å². The number of benzene rings is 2. The quantitative estimate of drug-likeness (QED) is 0.623. The molecule has 0 atom stereocenters. The number of allylic oxidation sites excluding steroid dienone is 1.